The number of carbonyl (C=O) groups excluding carboxylic acids is 1. The highest BCUT2D eigenvalue weighted by molar-refractivity contribution is 7.89. The molecule has 0 radical (unpaired) electrons. The van der Waals surface area contributed by atoms with Gasteiger partial charge in [0.05, 0.1) is 4.90 Å². The standard InChI is InChI=1S/C18H20N6O4S/c1-12-11-15(22-23(12)2)17-20-21-18(28-17)19-16(25)13-5-7-14(8-6-13)29(26,27)24-9-3-4-10-24/h5-8,11H,3-4,9-10H2,1-2H3,(H,19,21,25). The number of nitrogens with one attached hydrogen (secondary N) is 1. The SMILES string of the molecule is Cc1cc(-c2nnc(NC(=O)c3ccc(S(=O)(=O)N4CCCC4)cc3)o2)nn1C. The van der Waals surface area contributed by atoms with Gasteiger partial charge in [0.25, 0.3) is 11.8 Å². The Labute approximate surface area is 167 Å². The van der Waals surface area contributed by atoms with Crippen molar-refractivity contribution in [2.45, 2.75) is 24.7 Å². The third kappa shape index (κ3) is 3.78. The molecule has 0 atom stereocenters. The Balaban J connectivity index is 1.46. The van der Waals surface area contributed by atoms with E-state index in [0.717, 1.165) is 18.5 Å². The number of anilines is 1. The summed E-state index contributed by atoms with van der Waals surface area (Å²) in [6, 6.07) is 7.49. The largest absolute Gasteiger partial charge is 0.401 e. The second-order valence-electron chi connectivity index (χ2n) is 6.80. The molecule has 4 rings (SSSR count). The fourth-order valence-electron chi connectivity index (χ4n) is 3.07. The average Bonchev–Trinajstić information content (AvgIpc) is 3.44. The number of rotatable bonds is 5. The lowest BCUT2D eigenvalue weighted by atomic mass is 10.2. The highest BCUT2D eigenvalue weighted by Gasteiger charge is 2.27. The highest BCUT2D eigenvalue weighted by Crippen LogP contribution is 2.22. The molecule has 1 aliphatic rings. The lowest BCUT2D eigenvalue weighted by Crippen LogP contribution is -2.27. The van der Waals surface area contributed by atoms with E-state index < -0.39 is 15.9 Å². The van der Waals surface area contributed by atoms with Crippen LogP contribution in [0.5, 0.6) is 0 Å². The molecule has 0 unspecified atom stereocenters. The Morgan fingerprint density at radius 1 is 1.14 bits per heavy atom. The number of hydrogen-bond acceptors (Lipinski definition) is 7. The Kier molecular flexibility index (Phi) is 4.92. The Bertz CT molecular complexity index is 1120. The third-order valence-electron chi connectivity index (χ3n) is 4.80. The van der Waals surface area contributed by atoms with Gasteiger partial charge in [-0.2, -0.15) is 9.40 Å². The summed E-state index contributed by atoms with van der Waals surface area (Å²) >= 11 is 0. The van der Waals surface area contributed by atoms with E-state index >= 15 is 0 Å². The van der Waals surface area contributed by atoms with Crippen LogP contribution in [0.3, 0.4) is 0 Å². The molecule has 1 fully saturated rings. The van der Waals surface area contributed by atoms with E-state index in [-0.39, 0.29) is 22.4 Å². The Hall–Kier alpha value is -3.05. The van der Waals surface area contributed by atoms with Crippen LogP contribution in [0, 0.1) is 6.92 Å². The van der Waals surface area contributed by atoms with Crippen molar-refractivity contribution in [2.24, 2.45) is 7.05 Å². The van der Waals surface area contributed by atoms with Gasteiger partial charge in [0.2, 0.25) is 10.0 Å². The van der Waals surface area contributed by atoms with Crippen LogP contribution in [0.4, 0.5) is 6.01 Å². The molecule has 3 heterocycles. The third-order valence-corrected chi connectivity index (χ3v) is 6.71. The first-order valence-electron chi connectivity index (χ1n) is 9.11. The van der Waals surface area contributed by atoms with E-state index in [0.29, 0.717) is 18.8 Å². The number of sulfonamides is 1. The minimum absolute atomic E-state index is 0.0675. The van der Waals surface area contributed by atoms with Crippen LogP contribution < -0.4 is 5.32 Å². The number of carbonyl (C=O) groups is 1. The van der Waals surface area contributed by atoms with Crippen LogP contribution in [0.2, 0.25) is 0 Å². The van der Waals surface area contributed by atoms with Crippen LogP contribution in [0.15, 0.2) is 39.6 Å². The van der Waals surface area contributed by atoms with Crippen molar-refractivity contribution in [3.05, 3.63) is 41.6 Å². The second-order valence-corrected chi connectivity index (χ2v) is 8.73. The quantitative estimate of drug-likeness (QED) is 0.673. The summed E-state index contributed by atoms with van der Waals surface area (Å²) in [5.74, 6) is -0.293. The van der Waals surface area contributed by atoms with E-state index in [1.54, 1.807) is 17.8 Å². The van der Waals surface area contributed by atoms with Gasteiger partial charge in [-0.05, 0) is 50.1 Å². The maximum absolute atomic E-state index is 12.6. The van der Waals surface area contributed by atoms with Crippen molar-refractivity contribution < 1.29 is 17.6 Å². The number of aromatic nitrogens is 4. The van der Waals surface area contributed by atoms with Gasteiger partial charge in [-0.15, -0.1) is 5.10 Å². The van der Waals surface area contributed by atoms with Gasteiger partial charge in [-0.3, -0.25) is 14.8 Å². The molecule has 10 nitrogen and oxygen atoms in total. The minimum atomic E-state index is -3.52. The van der Waals surface area contributed by atoms with Gasteiger partial charge in [0.15, 0.2) is 0 Å². The molecular weight excluding hydrogens is 396 g/mol. The smallest absolute Gasteiger partial charge is 0.322 e. The summed E-state index contributed by atoms with van der Waals surface area (Å²) in [6.45, 7) is 2.95. The fourth-order valence-corrected chi connectivity index (χ4v) is 4.58. The first-order valence-corrected chi connectivity index (χ1v) is 10.5. The normalized spacial score (nSPS) is 15.0. The van der Waals surface area contributed by atoms with Crippen LogP contribution in [-0.2, 0) is 17.1 Å². The molecule has 0 spiro atoms. The van der Waals surface area contributed by atoms with Crippen LogP contribution >= 0.6 is 0 Å². The van der Waals surface area contributed by atoms with Crippen molar-refractivity contribution in [1.82, 2.24) is 24.3 Å². The van der Waals surface area contributed by atoms with Gasteiger partial charge in [-0.1, -0.05) is 5.10 Å². The Morgan fingerprint density at radius 3 is 2.45 bits per heavy atom. The molecule has 0 saturated carbocycles. The number of benzene rings is 1. The van der Waals surface area contributed by atoms with Gasteiger partial charge in [0.1, 0.15) is 5.69 Å². The lowest BCUT2D eigenvalue weighted by Gasteiger charge is -2.15. The summed E-state index contributed by atoms with van der Waals surface area (Å²) in [5, 5.41) is 14.4. The van der Waals surface area contributed by atoms with Gasteiger partial charge in [0, 0.05) is 31.4 Å². The number of amides is 1. The van der Waals surface area contributed by atoms with Crippen molar-refractivity contribution in [3.63, 3.8) is 0 Å². The topological polar surface area (TPSA) is 123 Å². The zero-order chi connectivity index (χ0) is 20.6. The van der Waals surface area contributed by atoms with E-state index in [1.165, 1.54) is 28.6 Å². The molecule has 11 heteroatoms. The monoisotopic (exact) mass is 416 g/mol. The van der Waals surface area contributed by atoms with Gasteiger partial charge >= 0.3 is 6.01 Å². The van der Waals surface area contributed by atoms with Gasteiger partial charge in [-0.25, -0.2) is 8.42 Å². The molecule has 1 aromatic carbocycles. The van der Waals surface area contributed by atoms with Crippen molar-refractivity contribution in [1.29, 1.82) is 0 Å². The zero-order valence-corrected chi connectivity index (χ0v) is 16.8. The number of hydrogen-bond donors (Lipinski definition) is 1. The van der Waals surface area contributed by atoms with Crippen LogP contribution in [0.1, 0.15) is 28.9 Å². The first kappa shape index (κ1) is 19.3. The fraction of sp³-hybridized carbons (Fsp3) is 0.333. The number of nitrogens with zero attached hydrogens (tertiary/aromatic N) is 5. The molecule has 1 saturated heterocycles. The zero-order valence-electron chi connectivity index (χ0n) is 16.0. The van der Waals surface area contributed by atoms with Crippen molar-refractivity contribution >= 4 is 21.9 Å². The maximum Gasteiger partial charge on any atom is 0.322 e. The second kappa shape index (κ2) is 7.41. The molecule has 29 heavy (non-hydrogen) atoms. The summed E-state index contributed by atoms with van der Waals surface area (Å²) in [4.78, 5) is 12.6. The van der Waals surface area contributed by atoms with E-state index in [1.807, 2.05) is 6.92 Å². The molecular formula is C18H20N6O4S. The van der Waals surface area contributed by atoms with Crippen LogP contribution in [-0.4, -0.2) is 51.7 Å². The molecule has 1 aliphatic heterocycles. The summed E-state index contributed by atoms with van der Waals surface area (Å²) in [5.41, 5.74) is 1.71. The van der Waals surface area contributed by atoms with E-state index in [9.17, 15) is 13.2 Å². The molecule has 152 valence electrons. The van der Waals surface area contributed by atoms with Crippen molar-refractivity contribution in [3.8, 4) is 11.6 Å². The molecule has 1 amide bonds. The first-order chi connectivity index (χ1) is 13.8. The Morgan fingerprint density at radius 2 is 1.83 bits per heavy atom. The molecule has 1 N–H and O–H groups in total. The minimum Gasteiger partial charge on any atom is -0.401 e. The maximum atomic E-state index is 12.6. The van der Waals surface area contributed by atoms with Crippen molar-refractivity contribution in [2.75, 3.05) is 18.4 Å². The number of aryl methyl sites for hydroxylation is 2. The van der Waals surface area contributed by atoms with E-state index in [2.05, 4.69) is 20.6 Å². The molecule has 2 aromatic heterocycles. The van der Waals surface area contributed by atoms with Crippen LogP contribution in [0.25, 0.3) is 11.6 Å². The average molecular weight is 416 g/mol. The molecule has 3 aromatic rings. The molecule has 0 bridgehead atoms. The summed E-state index contributed by atoms with van der Waals surface area (Å²) in [7, 11) is -1.72. The van der Waals surface area contributed by atoms with E-state index in [4.69, 9.17) is 4.42 Å². The predicted molar refractivity (Wildman–Crippen MR) is 104 cm³/mol. The summed E-state index contributed by atoms with van der Waals surface area (Å²) in [6.07, 6.45) is 1.73. The highest BCUT2D eigenvalue weighted by atomic mass is 32.2. The summed E-state index contributed by atoms with van der Waals surface area (Å²) < 4.78 is 33.7. The molecule has 0 aliphatic carbocycles. The predicted octanol–water partition coefficient (Wildman–Crippen LogP) is 1.82. The lowest BCUT2D eigenvalue weighted by molar-refractivity contribution is 0.102. The van der Waals surface area contributed by atoms with Gasteiger partial charge < -0.3 is 4.42 Å².